The third kappa shape index (κ3) is 3.92. The summed E-state index contributed by atoms with van der Waals surface area (Å²) in [5.74, 6) is 3.23. The van der Waals surface area contributed by atoms with E-state index in [0.29, 0.717) is 45.6 Å². The molecular weight excluding hydrogens is 346 g/mol. The minimum Gasteiger partial charge on any atom is -0.495 e. The van der Waals surface area contributed by atoms with Crippen LogP contribution in [0.25, 0.3) is 0 Å². The highest BCUT2D eigenvalue weighted by molar-refractivity contribution is 6.32. The highest BCUT2D eigenvalue weighted by atomic mass is 35.5. The highest BCUT2D eigenvalue weighted by Gasteiger charge is 2.11. The van der Waals surface area contributed by atoms with Crippen molar-refractivity contribution in [3.63, 3.8) is 0 Å². The lowest BCUT2D eigenvalue weighted by Crippen LogP contribution is -2.02. The number of anilines is 4. The Kier molecular flexibility index (Phi) is 4.90. The number of hydrogen-bond acceptors (Lipinski definition) is 8. The lowest BCUT2D eigenvalue weighted by atomic mass is 10.2. The van der Waals surface area contributed by atoms with Gasteiger partial charge in [-0.05, 0) is 13.0 Å². The molecule has 0 unspecified atom stereocenters. The summed E-state index contributed by atoms with van der Waals surface area (Å²) in [6.07, 6.45) is 1.62. The summed E-state index contributed by atoms with van der Waals surface area (Å²) in [7, 11) is 3.10. The van der Waals surface area contributed by atoms with Gasteiger partial charge in [0.2, 0.25) is 5.95 Å². The molecule has 3 aromatic rings. The SMILES string of the molecule is COc1cc(Nc2ccnc(Nc3cc(C)on3)n2)c(OC)cc1Cl. The van der Waals surface area contributed by atoms with Crippen LogP contribution < -0.4 is 20.1 Å². The second-order valence-corrected chi connectivity index (χ2v) is 5.43. The average Bonchev–Trinajstić information content (AvgIpc) is 3.01. The lowest BCUT2D eigenvalue weighted by Gasteiger charge is -2.13. The first kappa shape index (κ1) is 16.8. The Morgan fingerprint density at radius 2 is 1.84 bits per heavy atom. The van der Waals surface area contributed by atoms with Gasteiger partial charge in [0, 0.05) is 24.4 Å². The van der Waals surface area contributed by atoms with Gasteiger partial charge in [-0.15, -0.1) is 0 Å². The van der Waals surface area contributed by atoms with Gasteiger partial charge in [-0.2, -0.15) is 4.98 Å². The van der Waals surface area contributed by atoms with E-state index in [1.54, 1.807) is 51.6 Å². The predicted octanol–water partition coefficient (Wildman–Crippen LogP) is 3.93. The van der Waals surface area contributed by atoms with Crippen molar-refractivity contribution in [2.24, 2.45) is 0 Å². The van der Waals surface area contributed by atoms with Crippen LogP contribution in [0.15, 0.2) is 35.0 Å². The molecule has 0 saturated heterocycles. The van der Waals surface area contributed by atoms with Crippen molar-refractivity contribution in [3.05, 3.63) is 41.2 Å². The maximum absolute atomic E-state index is 6.12. The third-order valence-electron chi connectivity index (χ3n) is 3.26. The Balaban J connectivity index is 1.84. The van der Waals surface area contributed by atoms with Crippen molar-refractivity contribution in [1.29, 1.82) is 0 Å². The van der Waals surface area contributed by atoms with Gasteiger partial charge in [-0.1, -0.05) is 16.8 Å². The van der Waals surface area contributed by atoms with Crippen molar-refractivity contribution in [2.75, 3.05) is 24.9 Å². The maximum atomic E-state index is 6.12. The molecule has 2 N–H and O–H groups in total. The minimum absolute atomic E-state index is 0.373. The molecule has 2 aromatic heterocycles. The van der Waals surface area contributed by atoms with Crippen LogP contribution in [0, 0.1) is 6.92 Å². The van der Waals surface area contributed by atoms with Crippen LogP contribution in [0.3, 0.4) is 0 Å². The second kappa shape index (κ2) is 7.27. The Labute approximate surface area is 149 Å². The summed E-state index contributed by atoms with van der Waals surface area (Å²) in [4.78, 5) is 8.54. The Hall–Kier alpha value is -3.00. The summed E-state index contributed by atoms with van der Waals surface area (Å²) in [6, 6.07) is 6.87. The molecule has 0 radical (unpaired) electrons. The summed E-state index contributed by atoms with van der Waals surface area (Å²) in [5.41, 5.74) is 0.658. The highest BCUT2D eigenvalue weighted by Crippen LogP contribution is 2.37. The van der Waals surface area contributed by atoms with Crippen LogP contribution in [0.2, 0.25) is 5.02 Å². The third-order valence-corrected chi connectivity index (χ3v) is 3.56. The predicted molar refractivity (Wildman–Crippen MR) is 94.4 cm³/mol. The van der Waals surface area contributed by atoms with Gasteiger partial charge in [0.25, 0.3) is 0 Å². The standard InChI is InChI=1S/C16H16ClN5O3/c1-9-6-15(22-25-9)21-16-18-5-4-14(20-16)19-11-8-12(23-2)10(17)7-13(11)24-3/h4-8H,1-3H3,(H2,18,19,20,21,22). The molecule has 8 nitrogen and oxygen atoms in total. The van der Waals surface area contributed by atoms with Crippen molar-refractivity contribution in [3.8, 4) is 11.5 Å². The van der Waals surface area contributed by atoms with Crippen LogP contribution >= 0.6 is 11.6 Å². The van der Waals surface area contributed by atoms with Crippen molar-refractivity contribution in [1.82, 2.24) is 15.1 Å². The molecule has 0 spiro atoms. The molecule has 2 heterocycles. The molecule has 0 aliphatic rings. The number of rotatable bonds is 6. The van der Waals surface area contributed by atoms with Gasteiger partial charge in [0.1, 0.15) is 23.1 Å². The normalized spacial score (nSPS) is 10.4. The number of aromatic nitrogens is 3. The monoisotopic (exact) mass is 361 g/mol. The first-order valence-corrected chi connectivity index (χ1v) is 7.69. The second-order valence-electron chi connectivity index (χ2n) is 5.03. The van der Waals surface area contributed by atoms with E-state index in [1.807, 2.05) is 0 Å². The fraction of sp³-hybridized carbons (Fsp3) is 0.188. The van der Waals surface area contributed by atoms with E-state index in [0.717, 1.165) is 0 Å². The van der Waals surface area contributed by atoms with Crippen LogP contribution in [0.5, 0.6) is 11.5 Å². The molecule has 0 atom stereocenters. The zero-order valence-electron chi connectivity index (χ0n) is 13.8. The molecule has 9 heteroatoms. The first-order valence-electron chi connectivity index (χ1n) is 7.31. The van der Waals surface area contributed by atoms with E-state index < -0.39 is 0 Å². The van der Waals surface area contributed by atoms with Gasteiger partial charge < -0.3 is 24.6 Å². The quantitative estimate of drug-likeness (QED) is 0.682. The van der Waals surface area contributed by atoms with E-state index in [9.17, 15) is 0 Å². The summed E-state index contributed by atoms with van der Waals surface area (Å²) in [6.45, 7) is 1.80. The number of benzene rings is 1. The topological polar surface area (TPSA) is 94.3 Å². The summed E-state index contributed by atoms with van der Waals surface area (Å²) < 4.78 is 15.6. The van der Waals surface area contributed by atoms with Gasteiger partial charge >= 0.3 is 0 Å². The molecule has 0 amide bonds. The summed E-state index contributed by atoms with van der Waals surface area (Å²) >= 11 is 6.12. The molecule has 0 saturated carbocycles. The van der Waals surface area contributed by atoms with E-state index in [1.165, 1.54) is 0 Å². The fourth-order valence-electron chi connectivity index (χ4n) is 2.12. The molecule has 130 valence electrons. The van der Waals surface area contributed by atoms with Crippen molar-refractivity contribution < 1.29 is 14.0 Å². The van der Waals surface area contributed by atoms with Crippen LogP contribution in [-0.2, 0) is 0 Å². The van der Waals surface area contributed by atoms with Gasteiger partial charge in [0.05, 0.1) is 24.9 Å². The number of halogens is 1. The lowest BCUT2D eigenvalue weighted by molar-refractivity contribution is 0.400. The number of nitrogens with zero attached hydrogens (tertiary/aromatic N) is 3. The zero-order valence-corrected chi connectivity index (χ0v) is 14.6. The molecular formula is C16H16ClN5O3. The van der Waals surface area contributed by atoms with Gasteiger partial charge in [-0.25, -0.2) is 4.98 Å². The van der Waals surface area contributed by atoms with E-state index in [2.05, 4.69) is 25.8 Å². The van der Waals surface area contributed by atoms with E-state index in [-0.39, 0.29) is 0 Å². The largest absolute Gasteiger partial charge is 0.495 e. The smallest absolute Gasteiger partial charge is 0.230 e. The number of methoxy groups -OCH3 is 2. The van der Waals surface area contributed by atoms with Crippen LogP contribution in [-0.4, -0.2) is 29.3 Å². The fourth-order valence-corrected chi connectivity index (χ4v) is 2.36. The Bertz CT molecular complexity index is 884. The average molecular weight is 362 g/mol. The van der Waals surface area contributed by atoms with Gasteiger partial charge in [-0.3, -0.25) is 0 Å². The molecule has 3 rings (SSSR count). The van der Waals surface area contributed by atoms with Crippen molar-refractivity contribution >= 4 is 34.9 Å². The molecule has 0 aliphatic carbocycles. The number of hydrogen-bond donors (Lipinski definition) is 2. The zero-order chi connectivity index (χ0) is 17.8. The molecule has 25 heavy (non-hydrogen) atoms. The number of nitrogens with one attached hydrogen (secondary N) is 2. The minimum atomic E-state index is 0.373. The summed E-state index contributed by atoms with van der Waals surface area (Å²) in [5, 5.41) is 10.4. The van der Waals surface area contributed by atoms with Crippen LogP contribution in [0.4, 0.5) is 23.3 Å². The molecule has 0 aliphatic heterocycles. The first-order chi connectivity index (χ1) is 12.1. The van der Waals surface area contributed by atoms with Crippen molar-refractivity contribution in [2.45, 2.75) is 6.92 Å². The Morgan fingerprint density at radius 1 is 1.04 bits per heavy atom. The van der Waals surface area contributed by atoms with E-state index in [4.69, 9.17) is 25.6 Å². The van der Waals surface area contributed by atoms with E-state index >= 15 is 0 Å². The Morgan fingerprint density at radius 3 is 2.52 bits per heavy atom. The van der Waals surface area contributed by atoms with Gasteiger partial charge in [0.15, 0.2) is 5.82 Å². The molecule has 0 fully saturated rings. The number of aryl methyl sites for hydroxylation is 1. The molecule has 1 aromatic carbocycles. The van der Waals surface area contributed by atoms with Crippen LogP contribution in [0.1, 0.15) is 5.76 Å². The number of ether oxygens (including phenoxy) is 2. The molecule has 0 bridgehead atoms. The maximum Gasteiger partial charge on any atom is 0.230 e.